The Morgan fingerprint density at radius 1 is 0.750 bits per heavy atom. The highest BCUT2D eigenvalue weighted by Gasteiger charge is 2.51. The lowest BCUT2D eigenvalue weighted by atomic mass is 9.96. The summed E-state index contributed by atoms with van der Waals surface area (Å²) >= 11 is 0. The molecule has 0 unspecified atom stereocenters. The number of unbranched alkanes of at least 4 members (excludes halogenated alkanes) is 4. The van der Waals surface area contributed by atoms with E-state index in [-0.39, 0.29) is 0 Å². The molecule has 1 aliphatic heterocycles. The molecule has 8 nitrogen and oxygen atoms in total. The number of carbonyl (C=O) groups excluding carboxylic acids is 3. The molecule has 0 aromatic carbocycles. The molecule has 0 saturated carbocycles. The lowest BCUT2D eigenvalue weighted by Crippen LogP contribution is -2.61. The summed E-state index contributed by atoms with van der Waals surface area (Å²) in [6, 6.07) is 0. The number of hydrogen-bond donors (Lipinski definition) is 0. The fourth-order valence-corrected chi connectivity index (χ4v) is 3.22. The Hall–Kier alpha value is -1.67. The van der Waals surface area contributed by atoms with Crippen LogP contribution in [0.5, 0.6) is 0 Å². The molecular weight excluding hydrogens is 368 g/mol. The molecule has 162 valence electrons. The Morgan fingerprint density at radius 2 is 1.29 bits per heavy atom. The van der Waals surface area contributed by atoms with Gasteiger partial charge in [-0.2, -0.15) is 0 Å². The fourth-order valence-electron chi connectivity index (χ4n) is 3.22. The first kappa shape index (κ1) is 24.4. The highest BCUT2D eigenvalue weighted by atomic mass is 16.7. The third kappa shape index (κ3) is 8.14. The lowest BCUT2D eigenvalue weighted by Gasteiger charge is -2.44. The molecular formula is C20H34O8. The van der Waals surface area contributed by atoms with Crippen molar-refractivity contribution in [3.8, 4) is 0 Å². The Balaban J connectivity index is 2.94. The van der Waals surface area contributed by atoms with Gasteiger partial charge in [-0.3, -0.25) is 14.4 Å². The maximum Gasteiger partial charge on any atom is 0.303 e. The summed E-state index contributed by atoms with van der Waals surface area (Å²) in [5.74, 6) is -1.69. The van der Waals surface area contributed by atoms with Crippen LogP contribution in [0.4, 0.5) is 0 Å². The molecule has 1 fully saturated rings. The second-order valence-electron chi connectivity index (χ2n) is 6.96. The molecule has 5 atom stereocenters. The highest BCUT2D eigenvalue weighted by molar-refractivity contribution is 5.68. The van der Waals surface area contributed by atoms with E-state index in [0.29, 0.717) is 13.0 Å². The number of carbonyl (C=O) groups is 3. The zero-order valence-corrected chi connectivity index (χ0v) is 17.6. The molecule has 0 N–H and O–H groups in total. The van der Waals surface area contributed by atoms with Crippen LogP contribution in [-0.2, 0) is 38.1 Å². The molecule has 1 rings (SSSR count). The summed E-state index contributed by atoms with van der Waals surface area (Å²) < 4.78 is 27.9. The van der Waals surface area contributed by atoms with E-state index in [1.165, 1.54) is 27.2 Å². The van der Waals surface area contributed by atoms with Gasteiger partial charge in [0, 0.05) is 27.4 Å². The van der Waals surface area contributed by atoms with E-state index in [2.05, 4.69) is 6.92 Å². The van der Waals surface area contributed by atoms with E-state index in [1.807, 2.05) is 6.92 Å². The van der Waals surface area contributed by atoms with E-state index in [0.717, 1.165) is 25.7 Å². The maximum atomic E-state index is 11.7. The second kappa shape index (κ2) is 12.7. The summed E-state index contributed by atoms with van der Waals surface area (Å²) in [6.07, 6.45) is 1.45. The van der Waals surface area contributed by atoms with Crippen molar-refractivity contribution < 1.29 is 38.1 Å². The van der Waals surface area contributed by atoms with Gasteiger partial charge in [0.1, 0.15) is 6.10 Å². The normalized spacial score (nSPS) is 27.1. The Labute approximate surface area is 167 Å². The lowest BCUT2D eigenvalue weighted by molar-refractivity contribution is -0.304. The van der Waals surface area contributed by atoms with Gasteiger partial charge in [0.2, 0.25) is 0 Å². The Kier molecular flexibility index (Phi) is 11.1. The molecule has 0 spiro atoms. The summed E-state index contributed by atoms with van der Waals surface area (Å²) in [5, 5.41) is 0. The predicted molar refractivity (Wildman–Crippen MR) is 100 cm³/mol. The molecule has 0 aromatic rings. The predicted octanol–water partition coefficient (Wildman–Crippen LogP) is 2.90. The van der Waals surface area contributed by atoms with Crippen molar-refractivity contribution >= 4 is 17.9 Å². The van der Waals surface area contributed by atoms with Crippen molar-refractivity contribution in [2.75, 3.05) is 6.61 Å². The quantitative estimate of drug-likeness (QED) is 0.296. The molecule has 0 aromatic heterocycles. The van der Waals surface area contributed by atoms with Crippen molar-refractivity contribution in [1.29, 1.82) is 0 Å². The molecule has 1 heterocycles. The largest absolute Gasteiger partial charge is 0.456 e. The monoisotopic (exact) mass is 402 g/mol. The second-order valence-corrected chi connectivity index (χ2v) is 6.96. The first-order valence-electron chi connectivity index (χ1n) is 10.1. The molecule has 0 radical (unpaired) electrons. The molecule has 0 aliphatic carbocycles. The number of esters is 3. The van der Waals surface area contributed by atoms with Crippen LogP contribution in [0.1, 0.15) is 73.1 Å². The van der Waals surface area contributed by atoms with E-state index in [1.54, 1.807) is 0 Å². The highest BCUT2D eigenvalue weighted by Crippen LogP contribution is 2.31. The maximum absolute atomic E-state index is 11.7. The molecule has 0 bridgehead atoms. The van der Waals surface area contributed by atoms with Gasteiger partial charge in [-0.15, -0.1) is 0 Å². The van der Waals surface area contributed by atoms with Crippen molar-refractivity contribution in [3.05, 3.63) is 0 Å². The van der Waals surface area contributed by atoms with Gasteiger partial charge < -0.3 is 23.7 Å². The van der Waals surface area contributed by atoms with E-state index >= 15 is 0 Å². The average Bonchev–Trinajstić information content (AvgIpc) is 2.61. The van der Waals surface area contributed by atoms with Crippen LogP contribution in [0, 0.1) is 0 Å². The van der Waals surface area contributed by atoms with Gasteiger partial charge in [0.05, 0.1) is 0 Å². The number of rotatable bonds is 11. The molecule has 1 saturated heterocycles. The first-order chi connectivity index (χ1) is 13.3. The number of hydrogen-bond acceptors (Lipinski definition) is 8. The van der Waals surface area contributed by atoms with Crippen LogP contribution < -0.4 is 0 Å². The molecule has 0 amide bonds. The average molecular weight is 402 g/mol. The van der Waals surface area contributed by atoms with Gasteiger partial charge >= 0.3 is 17.9 Å². The van der Waals surface area contributed by atoms with Crippen molar-refractivity contribution in [2.24, 2.45) is 0 Å². The van der Waals surface area contributed by atoms with Crippen LogP contribution in [-0.4, -0.2) is 55.2 Å². The smallest absolute Gasteiger partial charge is 0.303 e. The zero-order valence-electron chi connectivity index (χ0n) is 17.6. The third-order valence-electron chi connectivity index (χ3n) is 4.43. The standard InChI is InChI=1S/C20H34O8/c1-6-8-9-10-11-12-24-20-19(27-15(5)23)18(26-14(4)22)17(25-13(3)21)16(7-2)28-20/h16-20H,6-12H2,1-5H3/t16-,17-,18+,19+,20+/m1/s1. The number of ether oxygens (including phenoxy) is 5. The Morgan fingerprint density at radius 3 is 1.82 bits per heavy atom. The third-order valence-corrected chi connectivity index (χ3v) is 4.43. The van der Waals surface area contributed by atoms with Gasteiger partial charge in [-0.1, -0.05) is 39.5 Å². The summed E-state index contributed by atoms with van der Waals surface area (Å²) in [5.41, 5.74) is 0. The molecule has 28 heavy (non-hydrogen) atoms. The zero-order chi connectivity index (χ0) is 21.1. The van der Waals surface area contributed by atoms with Gasteiger partial charge in [0.15, 0.2) is 24.6 Å². The minimum absolute atomic E-state index is 0.424. The summed E-state index contributed by atoms with van der Waals surface area (Å²) in [6.45, 7) is 8.19. The van der Waals surface area contributed by atoms with Crippen LogP contribution in [0.15, 0.2) is 0 Å². The van der Waals surface area contributed by atoms with E-state index in [9.17, 15) is 14.4 Å². The van der Waals surface area contributed by atoms with Gasteiger partial charge in [-0.05, 0) is 12.8 Å². The molecule has 8 heteroatoms. The minimum atomic E-state index is -1.02. The van der Waals surface area contributed by atoms with Gasteiger partial charge in [0.25, 0.3) is 0 Å². The molecule has 1 aliphatic rings. The van der Waals surface area contributed by atoms with Gasteiger partial charge in [-0.25, -0.2) is 0 Å². The van der Waals surface area contributed by atoms with E-state index < -0.39 is 48.6 Å². The summed E-state index contributed by atoms with van der Waals surface area (Å²) in [7, 11) is 0. The van der Waals surface area contributed by atoms with Crippen LogP contribution >= 0.6 is 0 Å². The minimum Gasteiger partial charge on any atom is -0.456 e. The fraction of sp³-hybridized carbons (Fsp3) is 0.850. The van der Waals surface area contributed by atoms with Crippen molar-refractivity contribution in [2.45, 2.75) is 104 Å². The SMILES string of the molecule is CCCCCCCO[C@H]1O[C@H](CC)[C@@H](OC(C)=O)[C@H](OC(C)=O)[C@@H]1OC(C)=O. The first-order valence-corrected chi connectivity index (χ1v) is 10.1. The summed E-state index contributed by atoms with van der Waals surface area (Å²) in [4.78, 5) is 34.8. The van der Waals surface area contributed by atoms with Crippen LogP contribution in [0.3, 0.4) is 0 Å². The van der Waals surface area contributed by atoms with Crippen LogP contribution in [0.25, 0.3) is 0 Å². The van der Waals surface area contributed by atoms with Crippen molar-refractivity contribution in [3.63, 3.8) is 0 Å². The van der Waals surface area contributed by atoms with Crippen LogP contribution in [0.2, 0.25) is 0 Å². The topological polar surface area (TPSA) is 97.4 Å². The Bertz CT molecular complexity index is 506. The van der Waals surface area contributed by atoms with Crippen molar-refractivity contribution in [1.82, 2.24) is 0 Å². The van der Waals surface area contributed by atoms with E-state index in [4.69, 9.17) is 23.7 Å².